The van der Waals surface area contributed by atoms with Gasteiger partial charge in [-0.3, -0.25) is 0 Å². The molecule has 0 saturated heterocycles. The topological polar surface area (TPSA) is 72.6 Å². The molecule has 0 fully saturated rings. The van der Waals surface area contributed by atoms with Crippen LogP contribution in [0.25, 0.3) is 0 Å². The number of rotatable bonds is 8. The molecule has 118 valence electrons. The fourth-order valence-electron chi connectivity index (χ4n) is 2.07. The maximum atomic E-state index is 12.9. The van der Waals surface area contributed by atoms with Crippen molar-refractivity contribution in [2.45, 2.75) is 25.3 Å². The molecule has 1 aromatic carbocycles. The van der Waals surface area contributed by atoms with Crippen LogP contribution in [0.15, 0.2) is 29.7 Å². The van der Waals surface area contributed by atoms with Crippen LogP contribution in [0.2, 0.25) is 0 Å². The molecule has 0 aliphatic heterocycles. The lowest BCUT2D eigenvalue weighted by molar-refractivity contribution is 0.182. The highest BCUT2D eigenvalue weighted by Crippen LogP contribution is 2.24. The number of aryl methyl sites for hydroxylation is 1. The molecular weight excluding hydrogens is 288 g/mol. The molecule has 21 heavy (non-hydrogen) atoms. The molecule has 0 amide bonds. The Balaban J connectivity index is 3.32. The van der Waals surface area contributed by atoms with Gasteiger partial charge in [-0.1, -0.05) is 12.1 Å². The van der Waals surface area contributed by atoms with Gasteiger partial charge < -0.3 is 10.5 Å². The van der Waals surface area contributed by atoms with Gasteiger partial charge in [0.25, 0.3) is 0 Å². The molecule has 0 saturated carbocycles. The highest BCUT2D eigenvalue weighted by atomic mass is 32.2. The summed E-state index contributed by atoms with van der Waals surface area (Å²) < 4.78 is 32.1. The van der Waals surface area contributed by atoms with E-state index in [1.165, 1.54) is 4.31 Å². The molecule has 0 spiro atoms. The van der Waals surface area contributed by atoms with Gasteiger partial charge in [0.1, 0.15) is 0 Å². The van der Waals surface area contributed by atoms with Gasteiger partial charge in [0.2, 0.25) is 10.0 Å². The zero-order valence-corrected chi connectivity index (χ0v) is 13.7. The second-order valence-electron chi connectivity index (χ2n) is 4.88. The van der Waals surface area contributed by atoms with Crippen LogP contribution >= 0.6 is 0 Å². The van der Waals surface area contributed by atoms with Crippen molar-refractivity contribution in [3.63, 3.8) is 0 Å². The van der Waals surface area contributed by atoms with E-state index >= 15 is 0 Å². The van der Waals surface area contributed by atoms with E-state index in [2.05, 4.69) is 6.58 Å². The van der Waals surface area contributed by atoms with Crippen LogP contribution in [-0.4, -0.2) is 39.5 Å². The summed E-state index contributed by atoms with van der Waals surface area (Å²) in [5.74, 6) is 0. The Morgan fingerprint density at radius 1 is 1.38 bits per heavy atom. The average Bonchev–Trinajstić information content (AvgIpc) is 2.45. The van der Waals surface area contributed by atoms with E-state index in [-0.39, 0.29) is 13.1 Å². The number of sulfonamides is 1. The summed E-state index contributed by atoms with van der Waals surface area (Å²) in [5, 5.41) is 0. The third-order valence-corrected chi connectivity index (χ3v) is 5.40. The van der Waals surface area contributed by atoms with Gasteiger partial charge in [-0.05, 0) is 36.6 Å². The summed E-state index contributed by atoms with van der Waals surface area (Å²) in [4.78, 5) is 0.306. The molecule has 0 aliphatic rings. The summed E-state index contributed by atoms with van der Waals surface area (Å²) in [6.45, 7) is 8.50. The predicted octanol–water partition coefficient (Wildman–Crippen LogP) is 1.59. The molecule has 1 aromatic rings. The fraction of sp³-hybridized carbons (Fsp3) is 0.467. The Labute approximate surface area is 127 Å². The molecule has 0 bridgehead atoms. The van der Waals surface area contributed by atoms with Crippen molar-refractivity contribution in [2.24, 2.45) is 5.73 Å². The Morgan fingerprint density at radius 3 is 2.57 bits per heavy atom. The van der Waals surface area contributed by atoms with Gasteiger partial charge in [-0.2, -0.15) is 4.31 Å². The summed E-state index contributed by atoms with van der Waals surface area (Å²) in [7, 11) is -2.05. The summed E-state index contributed by atoms with van der Waals surface area (Å²) in [5.41, 5.74) is 8.13. The zero-order valence-electron chi connectivity index (χ0n) is 12.9. The third-order valence-electron chi connectivity index (χ3n) is 3.41. The minimum Gasteiger partial charge on any atom is -0.383 e. The molecule has 5 nitrogen and oxygen atoms in total. The van der Waals surface area contributed by atoms with E-state index in [9.17, 15) is 8.42 Å². The zero-order chi connectivity index (χ0) is 16.0. The SMILES string of the molecule is C=CCN(CCOC)S(=O)(=O)c1cc(CN)cc(C)c1C. The Kier molecular flexibility index (Phi) is 6.54. The van der Waals surface area contributed by atoms with Crippen molar-refractivity contribution in [1.82, 2.24) is 4.31 Å². The first kappa shape index (κ1) is 17.8. The Morgan fingerprint density at radius 2 is 2.05 bits per heavy atom. The van der Waals surface area contributed by atoms with Crippen LogP contribution in [0.4, 0.5) is 0 Å². The number of methoxy groups -OCH3 is 1. The van der Waals surface area contributed by atoms with Crippen molar-refractivity contribution in [1.29, 1.82) is 0 Å². The Hall–Kier alpha value is -1.21. The van der Waals surface area contributed by atoms with Crippen molar-refractivity contribution >= 4 is 10.0 Å². The fourth-order valence-corrected chi connectivity index (χ4v) is 3.81. The van der Waals surface area contributed by atoms with Crippen LogP contribution in [-0.2, 0) is 21.3 Å². The molecule has 0 heterocycles. The predicted molar refractivity (Wildman–Crippen MR) is 84.6 cm³/mol. The smallest absolute Gasteiger partial charge is 0.243 e. The monoisotopic (exact) mass is 312 g/mol. The molecule has 0 aromatic heterocycles. The van der Waals surface area contributed by atoms with E-state index in [4.69, 9.17) is 10.5 Å². The maximum absolute atomic E-state index is 12.9. The quantitative estimate of drug-likeness (QED) is 0.740. The van der Waals surface area contributed by atoms with E-state index in [0.717, 1.165) is 16.7 Å². The number of hydrogen-bond donors (Lipinski definition) is 1. The lowest BCUT2D eigenvalue weighted by atomic mass is 10.1. The van der Waals surface area contributed by atoms with Crippen molar-refractivity contribution in [3.05, 3.63) is 41.5 Å². The first-order valence-corrected chi connectivity index (χ1v) is 8.22. The maximum Gasteiger partial charge on any atom is 0.243 e. The van der Waals surface area contributed by atoms with Crippen LogP contribution in [0, 0.1) is 13.8 Å². The van der Waals surface area contributed by atoms with Crippen molar-refractivity contribution in [2.75, 3.05) is 26.8 Å². The largest absolute Gasteiger partial charge is 0.383 e. The number of nitrogens with two attached hydrogens (primary N) is 1. The highest BCUT2D eigenvalue weighted by Gasteiger charge is 2.26. The normalized spacial score (nSPS) is 11.9. The van der Waals surface area contributed by atoms with Gasteiger partial charge >= 0.3 is 0 Å². The molecule has 0 unspecified atom stereocenters. The molecule has 2 N–H and O–H groups in total. The lowest BCUT2D eigenvalue weighted by Crippen LogP contribution is -2.34. The molecular formula is C15H24N2O3S. The summed E-state index contributed by atoms with van der Waals surface area (Å²) in [6.07, 6.45) is 1.57. The van der Waals surface area contributed by atoms with Crippen molar-refractivity contribution < 1.29 is 13.2 Å². The number of benzene rings is 1. The highest BCUT2D eigenvalue weighted by molar-refractivity contribution is 7.89. The van der Waals surface area contributed by atoms with Gasteiger partial charge in [0, 0.05) is 26.7 Å². The van der Waals surface area contributed by atoms with Crippen molar-refractivity contribution in [3.8, 4) is 0 Å². The van der Waals surface area contributed by atoms with E-state index < -0.39 is 10.0 Å². The molecule has 0 radical (unpaired) electrons. The number of ether oxygens (including phenoxy) is 1. The van der Waals surface area contributed by atoms with E-state index in [1.807, 2.05) is 19.9 Å². The minimum absolute atomic E-state index is 0.247. The number of hydrogen-bond acceptors (Lipinski definition) is 4. The van der Waals surface area contributed by atoms with Gasteiger partial charge in [-0.25, -0.2) is 8.42 Å². The first-order valence-electron chi connectivity index (χ1n) is 6.78. The second-order valence-corrected chi connectivity index (χ2v) is 6.79. The van der Waals surface area contributed by atoms with Crippen LogP contribution < -0.4 is 5.73 Å². The van der Waals surface area contributed by atoms with Crippen LogP contribution in [0.5, 0.6) is 0 Å². The first-order chi connectivity index (χ1) is 9.88. The molecule has 0 aliphatic carbocycles. The molecule has 1 rings (SSSR count). The van der Waals surface area contributed by atoms with Gasteiger partial charge in [0.15, 0.2) is 0 Å². The Bertz CT molecular complexity index is 597. The second kappa shape index (κ2) is 7.70. The third kappa shape index (κ3) is 4.14. The molecule has 6 heteroatoms. The van der Waals surface area contributed by atoms with E-state index in [1.54, 1.807) is 19.3 Å². The minimum atomic E-state index is -3.59. The molecule has 0 atom stereocenters. The van der Waals surface area contributed by atoms with Crippen LogP contribution in [0.3, 0.4) is 0 Å². The number of nitrogens with zero attached hydrogens (tertiary/aromatic N) is 1. The van der Waals surface area contributed by atoms with Crippen LogP contribution in [0.1, 0.15) is 16.7 Å². The average molecular weight is 312 g/mol. The standard InChI is InChI=1S/C15H24N2O3S/c1-5-6-17(7-8-20-4)21(18,19)15-10-14(11-16)9-12(2)13(15)3/h5,9-10H,1,6-8,11,16H2,2-4H3. The lowest BCUT2D eigenvalue weighted by Gasteiger charge is -2.22. The van der Waals surface area contributed by atoms with E-state index in [0.29, 0.717) is 18.0 Å². The summed E-state index contributed by atoms with van der Waals surface area (Å²) in [6, 6.07) is 3.57. The summed E-state index contributed by atoms with van der Waals surface area (Å²) >= 11 is 0. The van der Waals surface area contributed by atoms with Gasteiger partial charge in [0.05, 0.1) is 11.5 Å². The van der Waals surface area contributed by atoms with Gasteiger partial charge in [-0.15, -0.1) is 6.58 Å².